The molecule has 0 bridgehead atoms. The molecule has 88 valence electrons. The average Bonchev–Trinajstić information content (AvgIpc) is 3.01. The third-order valence-corrected chi connectivity index (χ3v) is 3.63. The normalized spacial score (nSPS) is 19.4. The molecular formula is C14H20ClN. The fourth-order valence-corrected chi connectivity index (χ4v) is 2.56. The largest absolute Gasteiger partial charge is 0.308 e. The lowest BCUT2D eigenvalue weighted by Crippen LogP contribution is -2.29. The molecule has 1 saturated carbocycles. The van der Waals surface area contributed by atoms with E-state index in [-0.39, 0.29) is 0 Å². The molecule has 0 saturated heterocycles. The Labute approximate surface area is 103 Å². The molecule has 1 N–H and O–H groups in total. The van der Waals surface area contributed by atoms with Crippen LogP contribution in [-0.2, 0) is 0 Å². The molecule has 0 aromatic heterocycles. The molecule has 2 rings (SSSR count). The zero-order valence-corrected chi connectivity index (χ0v) is 10.8. The highest BCUT2D eigenvalue weighted by Gasteiger charge is 2.24. The van der Waals surface area contributed by atoms with Gasteiger partial charge in [-0.05, 0) is 37.8 Å². The Hall–Kier alpha value is -0.530. The van der Waals surface area contributed by atoms with Crippen molar-refractivity contribution in [2.75, 3.05) is 0 Å². The van der Waals surface area contributed by atoms with E-state index in [2.05, 4.69) is 25.2 Å². The summed E-state index contributed by atoms with van der Waals surface area (Å²) >= 11 is 6.18. The van der Waals surface area contributed by atoms with Gasteiger partial charge in [0, 0.05) is 17.1 Å². The fourth-order valence-electron chi connectivity index (χ4n) is 2.26. The van der Waals surface area contributed by atoms with Crippen LogP contribution in [0.3, 0.4) is 0 Å². The van der Waals surface area contributed by atoms with Crippen LogP contribution in [0.1, 0.15) is 44.7 Å². The van der Waals surface area contributed by atoms with Gasteiger partial charge < -0.3 is 5.32 Å². The predicted octanol–water partition coefficient (Wildman–Crippen LogP) is 4.18. The Bertz CT molecular complexity index is 346. The Balaban J connectivity index is 1.91. The van der Waals surface area contributed by atoms with Gasteiger partial charge in [-0.15, -0.1) is 0 Å². The van der Waals surface area contributed by atoms with Crippen LogP contribution in [-0.4, -0.2) is 6.04 Å². The number of halogens is 1. The molecule has 0 radical (unpaired) electrons. The van der Waals surface area contributed by atoms with Crippen LogP contribution in [0.25, 0.3) is 0 Å². The Morgan fingerprint density at radius 1 is 1.31 bits per heavy atom. The lowest BCUT2D eigenvalue weighted by molar-refractivity contribution is 0.438. The van der Waals surface area contributed by atoms with E-state index in [1.165, 1.54) is 24.8 Å². The van der Waals surface area contributed by atoms with E-state index >= 15 is 0 Å². The van der Waals surface area contributed by atoms with Gasteiger partial charge in [-0.25, -0.2) is 0 Å². The minimum absolute atomic E-state index is 0.336. The number of rotatable bonds is 5. The maximum atomic E-state index is 6.18. The van der Waals surface area contributed by atoms with Crippen molar-refractivity contribution in [3.63, 3.8) is 0 Å². The molecule has 2 heteroatoms. The predicted molar refractivity (Wildman–Crippen MR) is 69.8 cm³/mol. The molecule has 16 heavy (non-hydrogen) atoms. The van der Waals surface area contributed by atoms with E-state index in [1.807, 2.05) is 18.2 Å². The summed E-state index contributed by atoms with van der Waals surface area (Å²) in [5, 5.41) is 4.49. The molecule has 1 unspecified atom stereocenters. The first-order valence-corrected chi connectivity index (χ1v) is 6.55. The van der Waals surface area contributed by atoms with E-state index < -0.39 is 0 Å². The highest BCUT2D eigenvalue weighted by atomic mass is 35.5. The average molecular weight is 238 g/mol. The van der Waals surface area contributed by atoms with Gasteiger partial charge in [0.05, 0.1) is 0 Å². The highest BCUT2D eigenvalue weighted by molar-refractivity contribution is 6.31. The molecule has 2 atom stereocenters. The zero-order valence-electron chi connectivity index (χ0n) is 10.0. The second kappa shape index (κ2) is 5.20. The van der Waals surface area contributed by atoms with Crippen LogP contribution in [0.2, 0.25) is 5.02 Å². The third kappa shape index (κ3) is 3.23. The SMILES string of the molecule is CC(CC1CC1)N[C@@H](C)c1ccccc1Cl. The van der Waals surface area contributed by atoms with Crippen LogP contribution >= 0.6 is 11.6 Å². The first-order valence-electron chi connectivity index (χ1n) is 6.17. The molecule has 1 aromatic rings. The summed E-state index contributed by atoms with van der Waals surface area (Å²) in [6.45, 7) is 4.45. The standard InChI is InChI=1S/C14H20ClN/c1-10(9-12-7-8-12)16-11(2)13-5-3-4-6-14(13)15/h3-6,10-12,16H,7-9H2,1-2H3/t10?,11-/m0/s1. The van der Waals surface area contributed by atoms with Gasteiger partial charge in [0.2, 0.25) is 0 Å². The maximum absolute atomic E-state index is 6.18. The van der Waals surface area contributed by atoms with E-state index in [9.17, 15) is 0 Å². The molecule has 1 fully saturated rings. The summed E-state index contributed by atoms with van der Waals surface area (Å²) in [5.74, 6) is 0.973. The van der Waals surface area contributed by atoms with Crippen molar-refractivity contribution in [1.29, 1.82) is 0 Å². The first-order chi connectivity index (χ1) is 7.66. The quantitative estimate of drug-likeness (QED) is 0.810. The molecule has 1 aliphatic carbocycles. The Kier molecular flexibility index (Phi) is 3.88. The summed E-state index contributed by atoms with van der Waals surface area (Å²) in [5.41, 5.74) is 1.20. The summed E-state index contributed by atoms with van der Waals surface area (Å²) < 4.78 is 0. The number of hydrogen-bond acceptors (Lipinski definition) is 1. The minimum atomic E-state index is 0.336. The number of nitrogens with one attached hydrogen (secondary N) is 1. The molecule has 0 spiro atoms. The lowest BCUT2D eigenvalue weighted by Gasteiger charge is -2.21. The van der Waals surface area contributed by atoms with E-state index in [4.69, 9.17) is 11.6 Å². The van der Waals surface area contributed by atoms with Gasteiger partial charge in [-0.2, -0.15) is 0 Å². The van der Waals surface area contributed by atoms with Crippen LogP contribution in [0, 0.1) is 5.92 Å². The zero-order chi connectivity index (χ0) is 11.5. The van der Waals surface area contributed by atoms with Crippen molar-refractivity contribution >= 4 is 11.6 Å². The highest BCUT2D eigenvalue weighted by Crippen LogP contribution is 2.34. The molecule has 1 aromatic carbocycles. The molecule has 1 aliphatic rings. The maximum Gasteiger partial charge on any atom is 0.0453 e. The van der Waals surface area contributed by atoms with Crippen LogP contribution < -0.4 is 5.32 Å². The van der Waals surface area contributed by atoms with Crippen molar-refractivity contribution in [2.24, 2.45) is 5.92 Å². The summed E-state index contributed by atoms with van der Waals surface area (Å²) in [7, 11) is 0. The van der Waals surface area contributed by atoms with Crippen molar-refractivity contribution in [2.45, 2.75) is 45.2 Å². The molecule has 0 heterocycles. The minimum Gasteiger partial charge on any atom is -0.308 e. The van der Waals surface area contributed by atoms with Gasteiger partial charge in [0.1, 0.15) is 0 Å². The summed E-state index contributed by atoms with van der Waals surface area (Å²) in [4.78, 5) is 0. The van der Waals surface area contributed by atoms with Gasteiger partial charge in [-0.1, -0.05) is 42.6 Å². The van der Waals surface area contributed by atoms with Gasteiger partial charge in [-0.3, -0.25) is 0 Å². The van der Waals surface area contributed by atoms with Gasteiger partial charge in [0.25, 0.3) is 0 Å². The van der Waals surface area contributed by atoms with Crippen molar-refractivity contribution < 1.29 is 0 Å². The Morgan fingerprint density at radius 2 is 2.00 bits per heavy atom. The number of benzene rings is 1. The van der Waals surface area contributed by atoms with Crippen molar-refractivity contribution in [3.05, 3.63) is 34.9 Å². The second-order valence-corrected chi connectivity index (χ2v) is 5.40. The number of hydrogen-bond donors (Lipinski definition) is 1. The smallest absolute Gasteiger partial charge is 0.0453 e. The molecule has 1 nitrogen and oxygen atoms in total. The second-order valence-electron chi connectivity index (χ2n) is 4.99. The Morgan fingerprint density at radius 3 is 2.62 bits per heavy atom. The van der Waals surface area contributed by atoms with Crippen LogP contribution in [0.5, 0.6) is 0 Å². The van der Waals surface area contributed by atoms with E-state index in [1.54, 1.807) is 0 Å². The van der Waals surface area contributed by atoms with Gasteiger partial charge >= 0.3 is 0 Å². The topological polar surface area (TPSA) is 12.0 Å². The van der Waals surface area contributed by atoms with E-state index in [0.29, 0.717) is 12.1 Å². The summed E-state index contributed by atoms with van der Waals surface area (Å²) in [6, 6.07) is 9.00. The van der Waals surface area contributed by atoms with Crippen LogP contribution in [0.4, 0.5) is 0 Å². The molecule has 0 amide bonds. The summed E-state index contributed by atoms with van der Waals surface area (Å²) in [6.07, 6.45) is 4.15. The molecule has 0 aliphatic heterocycles. The van der Waals surface area contributed by atoms with E-state index in [0.717, 1.165) is 10.9 Å². The van der Waals surface area contributed by atoms with Crippen molar-refractivity contribution in [3.8, 4) is 0 Å². The fraction of sp³-hybridized carbons (Fsp3) is 0.571. The molecular weight excluding hydrogens is 218 g/mol. The van der Waals surface area contributed by atoms with Gasteiger partial charge in [0.15, 0.2) is 0 Å². The third-order valence-electron chi connectivity index (χ3n) is 3.29. The van der Waals surface area contributed by atoms with Crippen LogP contribution in [0.15, 0.2) is 24.3 Å². The first kappa shape index (κ1) is 11.9. The van der Waals surface area contributed by atoms with Crippen molar-refractivity contribution in [1.82, 2.24) is 5.32 Å². The monoisotopic (exact) mass is 237 g/mol. The lowest BCUT2D eigenvalue weighted by atomic mass is 10.1.